The second-order valence-electron chi connectivity index (χ2n) is 6.41. The number of nitrogens with zero attached hydrogens (tertiary/aromatic N) is 4. The smallest absolute Gasteiger partial charge is 0.245 e. The molecule has 0 radical (unpaired) electrons. The van der Waals surface area contributed by atoms with Crippen molar-refractivity contribution in [2.75, 3.05) is 31.6 Å². The van der Waals surface area contributed by atoms with Crippen LogP contribution in [0, 0.1) is 6.92 Å². The van der Waals surface area contributed by atoms with E-state index >= 15 is 0 Å². The molecule has 1 aromatic heterocycles. The Hall–Kier alpha value is -1.69. The summed E-state index contributed by atoms with van der Waals surface area (Å²) in [6.45, 7) is 6.46. The molecule has 1 aromatic rings. The maximum atomic E-state index is 12.9. The van der Waals surface area contributed by atoms with Gasteiger partial charge in [0.2, 0.25) is 5.91 Å². The van der Waals surface area contributed by atoms with Crippen LogP contribution in [0.3, 0.4) is 0 Å². The highest BCUT2D eigenvalue weighted by Gasteiger charge is 2.40. The van der Waals surface area contributed by atoms with Crippen molar-refractivity contribution in [1.29, 1.82) is 0 Å². The van der Waals surface area contributed by atoms with E-state index in [2.05, 4.69) is 21.8 Å². The molecule has 3 rings (SSSR count). The van der Waals surface area contributed by atoms with Crippen molar-refractivity contribution < 1.29 is 9.53 Å². The van der Waals surface area contributed by atoms with E-state index in [1.165, 1.54) is 0 Å². The molecule has 2 atom stereocenters. The highest BCUT2D eigenvalue weighted by molar-refractivity contribution is 5.86. The first-order valence-corrected chi connectivity index (χ1v) is 8.55. The summed E-state index contributed by atoms with van der Waals surface area (Å²) in [5.74, 6) is 1.83. The Morgan fingerprint density at radius 3 is 2.74 bits per heavy atom. The van der Waals surface area contributed by atoms with Crippen LogP contribution in [-0.4, -0.2) is 59.7 Å². The van der Waals surface area contributed by atoms with E-state index in [0.29, 0.717) is 6.54 Å². The average molecular weight is 318 g/mol. The number of carbonyl (C=O) groups is 1. The summed E-state index contributed by atoms with van der Waals surface area (Å²) in [5, 5.41) is 0. The number of anilines is 1. The summed E-state index contributed by atoms with van der Waals surface area (Å²) in [6, 6.07) is 1.84. The minimum Gasteiger partial charge on any atom is -0.380 e. The number of methoxy groups -OCH3 is 1. The summed E-state index contributed by atoms with van der Waals surface area (Å²) < 4.78 is 5.54. The average Bonchev–Trinajstić information content (AvgIpc) is 3.23. The maximum Gasteiger partial charge on any atom is 0.245 e. The van der Waals surface area contributed by atoms with E-state index in [1.54, 1.807) is 7.11 Å². The quantitative estimate of drug-likeness (QED) is 0.843. The van der Waals surface area contributed by atoms with Crippen LogP contribution in [-0.2, 0) is 16.0 Å². The third-order valence-corrected chi connectivity index (χ3v) is 4.83. The fourth-order valence-electron chi connectivity index (χ4n) is 3.54. The van der Waals surface area contributed by atoms with Crippen LogP contribution >= 0.6 is 0 Å². The molecule has 2 saturated heterocycles. The monoisotopic (exact) mass is 318 g/mol. The Morgan fingerprint density at radius 2 is 2.09 bits per heavy atom. The summed E-state index contributed by atoms with van der Waals surface area (Å²) in [7, 11) is 1.72. The van der Waals surface area contributed by atoms with Gasteiger partial charge in [0.1, 0.15) is 17.7 Å². The fourth-order valence-corrected chi connectivity index (χ4v) is 3.54. The van der Waals surface area contributed by atoms with Gasteiger partial charge in [0, 0.05) is 44.9 Å². The van der Waals surface area contributed by atoms with Crippen molar-refractivity contribution in [3.05, 3.63) is 17.6 Å². The SMILES string of the molecule is CCc1cc(N2C[C@@H](OC)C[C@H]2C(=O)N2CCCC2)nc(C)n1. The molecule has 2 aliphatic heterocycles. The van der Waals surface area contributed by atoms with Crippen LogP contribution in [0.1, 0.15) is 37.7 Å². The summed E-state index contributed by atoms with van der Waals surface area (Å²) in [6.07, 6.45) is 3.89. The number of aryl methyl sites for hydroxylation is 2. The number of rotatable bonds is 4. The van der Waals surface area contributed by atoms with Crippen molar-refractivity contribution >= 4 is 11.7 Å². The van der Waals surface area contributed by atoms with E-state index in [4.69, 9.17) is 4.74 Å². The molecule has 6 heteroatoms. The van der Waals surface area contributed by atoms with Gasteiger partial charge >= 0.3 is 0 Å². The molecule has 0 aliphatic carbocycles. The van der Waals surface area contributed by atoms with Crippen molar-refractivity contribution in [2.45, 2.75) is 51.7 Å². The molecule has 3 heterocycles. The van der Waals surface area contributed by atoms with Crippen LogP contribution in [0.2, 0.25) is 0 Å². The first kappa shape index (κ1) is 16.2. The normalized spacial score (nSPS) is 24.5. The highest BCUT2D eigenvalue weighted by atomic mass is 16.5. The largest absolute Gasteiger partial charge is 0.380 e. The lowest BCUT2D eigenvalue weighted by atomic mass is 10.1. The number of amides is 1. The van der Waals surface area contributed by atoms with Gasteiger partial charge in [-0.25, -0.2) is 9.97 Å². The van der Waals surface area contributed by atoms with Gasteiger partial charge in [0.15, 0.2) is 0 Å². The maximum absolute atomic E-state index is 12.9. The zero-order chi connectivity index (χ0) is 16.4. The minimum atomic E-state index is -0.169. The lowest BCUT2D eigenvalue weighted by Crippen LogP contribution is -2.45. The van der Waals surface area contributed by atoms with Crippen LogP contribution in [0.25, 0.3) is 0 Å². The number of carbonyl (C=O) groups excluding carboxylic acids is 1. The van der Waals surface area contributed by atoms with E-state index in [-0.39, 0.29) is 18.1 Å². The van der Waals surface area contributed by atoms with Crippen LogP contribution in [0.5, 0.6) is 0 Å². The van der Waals surface area contributed by atoms with Gasteiger partial charge in [-0.15, -0.1) is 0 Å². The Bertz CT molecular complexity index is 572. The fraction of sp³-hybridized carbons (Fsp3) is 0.706. The molecule has 126 valence electrons. The van der Waals surface area contributed by atoms with Crippen molar-refractivity contribution in [1.82, 2.24) is 14.9 Å². The molecule has 0 saturated carbocycles. The van der Waals surface area contributed by atoms with Gasteiger partial charge in [-0.05, 0) is 26.2 Å². The first-order valence-electron chi connectivity index (χ1n) is 8.55. The lowest BCUT2D eigenvalue weighted by molar-refractivity contribution is -0.131. The number of hydrogen-bond acceptors (Lipinski definition) is 5. The summed E-state index contributed by atoms with van der Waals surface area (Å²) >= 11 is 0. The Kier molecular flexibility index (Phi) is 4.80. The van der Waals surface area contributed by atoms with Gasteiger partial charge in [-0.2, -0.15) is 0 Å². The minimum absolute atomic E-state index is 0.0758. The molecule has 2 fully saturated rings. The number of ether oxygens (including phenoxy) is 1. The lowest BCUT2D eigenvalue weighted by Gasteiger charge is -2.28. The molecule has 0 N–H and O–H groups in total. The predicted octanol–water partition coefficient (Wildman–Crippen LogP) is 1.56. The number of aromatic nitrogens is 2. The third kappa shape index (κ3) is 3.32. The Morgan fingerprint density at radius 1 is 1.35 bits per heavy atom. The van der Waals surface area contributed by atoms with Gasteiger partial charge in [0.25, 0.3) is 0 Å². The van der Waals surface area contributed by atoms with E-state index < -0.39 is 0 Å². The molecule has 1 amide bonds. The zero-order valence-electron chi connectivity index (χ0n) is 14.3. The van der Waals surface area contributed by atoms with Gasteiger partial charge in [-0.3, -0.25) is 4.79 Å². The van der Waals surface area contributed by atoms with Crippen LogP contribution in [0.4, 0.5) is 5.82 Å². The van der Waals surface area contributed by atoms with Gasteiger partial charge in [0.05, 0.1) is 6.10 Å². The highest BCUT2D eigenvalue weighted by Crippen LogP contribution is 2.28. The summed E-state index contributed by atoms with van der Waals surface area (Å²) in [5.41, 5.74) is 1.01. The molecule has 6 nitrogen and oxygen atoms in total. The van der Waals surface area contributed by atoms with Crippen LogP contribution in [0.15, 0.2) is 6.07 Å². The van der Waals surface area contributed by atoms with Crippen LogP contribution < -0.4 is 4.90 Å². The topological polar surface area (TPSA) is 58.6 Å². The van der Waals surface area contributed by atoms with Crippen molar-refractivity contribution in [3.63, 3.8) is 0 Å². The Labute approximate surface area is 137 Å². The zero-order valence-corrected chi connectivity index (χ0v) is 14.3. The molecule has 0 unspecified atom stereocenters. The second-order valence-corrected chi connectivity index (χ2v) is 6.41. The molecular weight excluding hydrogens is 292 g/mol. The summed E-state index contributed by atoms with van der Waals surface area (Å²) in [4.78, 5) is 26.0. The third-order valence-electron chi connectivity index (χ3n) is 4.83. The molecule has 0 spiro atoms. The number of hydrogen-bond donors (Lipinski definition) is 0. The first-order chi connectivity index (χ1) is 11.1. The standard InChI is InChI=1S/C17H26N4O2/c1-4-13-9-16(19-12(2)18-13)21-11-14(23-3)10-15(21)17(22)20-7-5-6-8-20/h9,14-15H,4-8,10-11H2,1-3H3/t14-,15-/m0/s1. The molecule has 23 heavy (non-hydrogen) atoms. The molecule has 2 aliphatic rings. The van der Waals surface area contributed by atoms with Crippen molar-refractivity contribution in [2.24, 2.45) is 0 Å². The van der Waals surface area contributed by atoms with Crippen molar-refractivity contribution in [3.8, 4) is 0 Å². The second kappa shape index (κ2) is 6.83. The van der Waals surface area contributed by atoms with E-state index in [1.807, 2.05) is 17.9 Å². The van der Waals surface area contributed by atoms with E-state index in [0.717, 1.165) is 56.1 Å². The molecule has 0 aromatic carbocycles. The van der Waals surface area contributed by atoms with E-state index in [9.17, 15) is 4.79 Å². The Balaban J connectivity index is 1.88. The van der Waals surface area contributed by atoms with Gasteiger partial charge < -0.3 is 14.5 Å². The molecular formula is C17H26N4O2. The predicted molar refractivity (Wildman–Crippen MR) is 88.5 cm³/mol. The van der Waals surface area contributed by atoms with Gasteiger partial charge in [-0.1, -0.05) is 6.92 Å². The molecule has 0 bridgehead atoms. The number of likely N-dealkylation sites (tertiary alicyclic amines) is 1.